The number of amides is 3. The molecule has 9 heteroatoms. The van der Waals surface area contributed by atoms with E-state index < -0.39 is 0 Å². The maximum Gasteiger partial charge on any atom is 0.258 e. The van der Waals surface area contributed by atoms with E-state index in [4.69, 9.17) is 0 Å². The molecule has 0 radical (unpaired) electrons. The van der Waals surface area contributed by atoms with Crippen LogP contribution in [0.25, 0.3) is 11.3 Å². The number of likely N-dealkylation sites (N-methyl/N-ethyl adjacent to an activating group) is 2. The van der Waals surface area contributed by atoms with Gasteiger partial charge in [-0.2, -0.15) is 0 Å². The molecule has 3 aromatic carbocycles. The predicted octanol–water partition coefficient (Wildman–Crippen LogP) is 3.19. The minimum atomic E-state index is -0.249. The highest BCUT2D eigenvalue weighted by atomic mass is 16.2. The smallest absolute Gasteiger partial charge is 0.258 e. The van der Waals surface area contributed by atoms with Gasteiger partial charge in [0.1, 0.15) is 0 Å². The van der Waals surface area contributed by atoms with Crippen LogP contribution in [0.1, 0.15) is 21.5 Å². The number of fused-ring (bicyclic) bond motifs is 1. The Morgan fingerprint density at radius 3 is 2.30 bits per heavy atom. The first kappa shape index (κ1) is 27.1. The van der Waals surface area contributed by atoms with E-state index in [0.29, 0.717) is 34.6 Å². The average molecular weight is 539 g/mol. The summed E-state index contributed by atoms with van der Waals surface area (Å²) in [4.78, 5) is 44.6. The Morgan fingerprint density at radius 2 is 1.62 bits per heavy atom. The van der Waals surface area contributed by atoms with Crippen molar-refractivity contribution in [2.24, 2.45) is 0 Å². The summed E-state index contributed by atoms with van der Waals surface area (Å²) < 4.78 is 0. The molecule has 0 atom stereocenters. The third-order valence-corrected chi connectivity index (χ3v) is 7.42. The molecule has 40 heavy (non-hydrogen) atoms. The van der Waals surface area contributed by atoms with Gasteiger partial charge >= 0.3 is 0 Å². The van der Waals surface area contributed by atoms with Crippen molar-refractivity contribution in [2.45, 2.75) is 0 Å². The van der Waals surface area contributed by atoms with E-state index in [1.807, 2.05) is 54.6 Å². The van der Waals surface area contributed by atoms with Crippen LogP contribution >= 0.6 is 0 Å². The summed E-state index contributed by atoms with van der Waals surface area (Å²) in [7, 11) is 5.47. The van der Waals surface area contributed by atoms with Gasteiger partial charge in [-0.1, -0.05) is 30.3 Å². The average Bonchev–Trinajstić information content (AvgIpc) is 3.31. The molecule has 206 valence electrons. The van der Waals surface area contributed by atoms with Crippen LogP contribution in [0.15, 0.2) is 72.8 Å². The van der Waals surface area contributed by atoms with Gasteiger partial charge in [-0.05, 0) is 55.1 Å². The lowest BCUT2D eigenvalue weighted by molar-refractivity contribution is -0.119. The van der Waals surface area contributed by atoms with Crippen molar-refractivity contribution in [3.8, 4) is 0 Å². The third-order valence-electron chi connectivity index (χ3n) is 7.42. The van der Waals surface area contributed by atoms with Crippen molar-refractivity contribution in [3.05, 3.63) is 89.5 Å². The van der Waals surface area contributed by atoms with E-state index in [9.17, 15) is 14.4 Å². The number of nitrogens with zero attached hydrogens (tertiary/aromatic N) is 3. The second kappa shape index (κ2) is 11.7. The molecule has 0 aromatic heterocycles. The Labute approximate surface area is 234 Å². The standard InChI is InChI=1S/C31H34N6O3/c1-32-30(39)22-9-14-26-25(19-22)28(31(40)34-26)29(21-7-5-4-6-8-21)33-23-10-12-24(13-11-23)36(3)27(38)20-37-17-15-35(2)16-18-37/h4-14,19,33H,15-18,20H2,1-3H3,(H,32,39)(H,34,40)/b29-28-. The summed E-state index contributed by atoms with van der Waals surface area (Å²) in [6.07, 6.45) is 0. The van der Waals surface area contributed by atoms with Gasteiger partial charge in [-0.25, -0.2) is 0 Å². The van der Waals surface area contributed by atoms with Crippen LogP contribution in [0.4, 0.5) is 17.1 Å². The molecule has 3 amide bonds. The number of carbonyl (C=O) groups excluding carboxylic acids is 3. The summed E-state index contributed by atoms with van der Waals surface area (Å²) in [6.45, 7) is 4.09. The maximum atomic E-state index is 13.2. The van der Waals surface area contributed by atoms with Crippen molar-refractivity contribution in [3.63, 3.8) is 0 Å². The number of rotatable bonds is 7. The number of piperazine rings is 1. The normalized spacial score (nSPS) is 16.6. The van der Waals surface area contributed by atoms with Gasteiger partial charge < -0.3 is 25.8 Å². The Bertz CT molecular complexity index is 1440. The number of anilines is 3. The lowest BCUT2D eigenvalue weighted by atomic mass is 9.98. The second-order valence-corrected chi connectivity index (χ2v) is 10.1. The first-order chi connectivity index (χ1) is 19.3. The lowest BCUT2D eigenvalue weighted by Crippen LogP contribution is -2.48. The Balaban J connectivity index is 1.42. The highest BCUT2D eigenvalue weighted by molar-refractivity contribution is 6.37. The summed E-state index contributed by atoms with van der Waals surface area (Å²) >= 11 is 0. The Hall–Kier alpha value is -4.47. The summed E-state index contributed by atoms with van der Waals surface area (Å²) in [6, 6.07) is 22.4. The van der Waals surface area contributed by atoms with Gasteiger partial charge in [0.05, 0.1) is 17.8 Å². The number of carbonyl (C=O) groups is 3. The molecule has 2 aliphatic rings. The first-order valence-corrected chi connectivity index (χ1v) is 13.4. The van der Waals surface area contributed by atoms with Crippen LogP contribution in [0.2, 0.25) is 0 Å². The van der Waals surface area contributed by atoms with Gasteiger partial charge in [-0.15, -0.1) is 0 Å². The summed E-state index contributed by atoms with van der Waals surface area (Å²) in [5, 5.41) is 9.00. The van der Waals surface area contributed by atoms with Crippen molar-refractivity contribution in [1.29, 1.82) is 0 Å². The molecule has 0 aliphatic carbocycles. The molecule has 1 fully saturated rings. The quantitative estimate of drug-likeness (QED) is 0.400. The van der Waals surface area contributed by atoms with Crippen LogP contribution < -0.4 is 20.9 Å². The van der Waals surface area contributed by atoms with Crippen LogP contribution in [0.5, 0.6) is 0 Å². The van der Waals surface area contributed by atoms with E-state index in [1.165, 1.54) is 0 Å². The molecule has 1 saturated heterocycles. The van der Waals surface area contributed by atoms with Crippen molar-refractivity contribution in [1.82, 2.24) is 15.1 Å². The number of nitrogens with one attached hydrogen (secondary N) is 3. The molecular formula is C31H34N6O3. The Morgan fingerprint density at radius 1 is 0.925 bits per heavy atom. The van der Waals surface area contributed by atoms with Gasteiger partial charge in [0.15, 0.2) is 0 Å². The van der Waals surface area contributed by atoms with Crippen LogP contribution in [0, 0.1) is 0 Å². The van der Waals surface area contributed by atoms with E-state index in [0.717, 1.165) is 43.1 Å². The molecule has 5 rings (SSSR count). The predicted molar refractivity (Wildman–Crippen MR) is 159 cm³/mol. The molecule has 0 unspecified atom stereocenters. The zero-order valence-electron chi connectivity index (χ0n) is 23.0. The maximum absolute atomic E-state index is 13.2. The molecular weight excluding hydrogens is 504 g/mol. The second-order valence-electron chi connectivity index (χ2n) is 10.1. The molecule has 0 bridgehead atoms. The van der Waals surface area contributed by atoms with E-state index in [2.05, 4.69) is 32.8 Å². The molecule has 3 N–H and O–H groups in total. The highest BCUT2D eigenvalue weighted by Gasteiger charge is 2.29. The molecule has 0 saturated carbocycles. The van der Waals surface area contributed by atoms with Crippen LogP contribution in [-0.2, 0) is 9.59 Å². The van der Waals surface area contributed by atoms with Crippen molar-refractivity contribution < 1.29 is 14.4 Å². The fourth-order valence-electron chi connectivity index (χ4n) is 4.94. The zero-order chi connectivity index (χ0) is 28.2. The van der Waals surface area contributed by atoms with Crippen LogP contribution in [-0.4, -0.2) is 81.4 Å². The highest BCUT2D eigenvalue weighted by Crippen LogP contribution is 2.38. The van der Waals surface area contributed by atoms with E-state index >= 15 is 0 Å². The fourth-order valence-corrected chi connectivity index (χ4v) is 4.94. The van der Waals surface area contributed by atoms with Crippen molar-refractivity contribution >= 4 is 46.1 Å². The third kappa shape index (κ3) is 5.75. The summed E-state index contributed by atoms with van der Waals surface area (Å²) in [5.41, 5.74) is 5.23. The zero-order valence-corrected chi connectivity index (χ0v) is 23.0. The molecule has 2 aliphatic heterocycles. The topological polar surface area (TPSA) is 97.0 Å². The summed E-state index contributed by atoms with van der Waals surface area (Å²) in [5.74, 6) is -0.428. The Kier molecular flexibility index (Phi) is 7.95. The molecule has 2 heterocycles. The fraction of sp³-hybridized carbons (Fsp3) is 0.258. The lowest BCUT2D eigenvalue weighted by Gasteiger charge is -2.32. The van der Waals surface area contributed by atoms with Gasteiger partial charge in [0.25, 0.3) is 11.8 Å². The van der Waals surface area contributed by atoms with Crippen LogP contribution in [0.3, 0.4) is 0 Å². The minimum Gasteiger partial charge on any atom is -0.355 e. The largest absolute Gasteiger partial charge is 0.355 e. The monoisotopic (exact) mass is 538 g/mol. The first-order valence-electron chi connectivity index (χ1n) is 13.4. The number of hydrogen-bond acceptors (Lipinski definition) is 6. The van der Waals surface area contributed by atoms with E-state index in [-0.39, 0.29) is 17.7 Å². The van der Waals surface area contributed by atoms with Gasteiger partial charge in [0, 0.05) is 68.5 Å². The SMILES string of the molecule is CNC(=O)c1ccc2c(c1)/C(=C(/Nc1ccc(N(C)C(=O)CN3CCN(C)CC3)cc1)c1ccccc1)C(=O)N2. The minimum absolute atomic E-state index is 0.0449. The van der Waals surface area contributed by atoms with Crippen molar-refractivity contribution in [2.75, 3.05) is 69.4 Å². The number of benzene rings is 3. The van der Waals surface area contributed by atoms with E-state index in [1.54, 1.807) is 37.2 Å². The molecule has 0 spiro atoms. The molecule has 3 aromatic rings. The van der Waals surface area contributed by atoms with Gasteiger partial charge in [0.2, 0.25) is 5.91 Å². The number of hydrogen-bond donors (Lipinski definition) is 3. The van der Waals surface area contributed by atoms with Gasteiger partial charge in [-0.3, -0.25) is 19.3 Å². The molecule has 9 nitrogen and oxygen atoms in total.